The molecule has 0 spiro atoms. The summed E-state index contributed by atoms with van der Waals surface area (Å²) in [6.45, 7) is 9.15. The van der Waals surface area contributed by atoms with Gasteiger partial charge in [0.15, 0.2) is 5.79 Å². The van der Waals surface area contributed by atoms with Crippen LogP contribution in [0, 0.1) is 17.3 Å². The number of rotatable bonds is 3. The van der Waals surface area contributed by atoms with Crippen molar-refractivity contribution in [2.24, 2.45) is 22.4 Å². The van der Waals surface area contributed by atoms with Gasteiger partial charge < -0.3 is 9.47 Å². The Morgan fingerprint density at radius 2 is 2.00 bits per heavy atom. The van der Waals surface area contributed by atoms with Crippen LogP contribution in [-0.2, 0) is 9.47 Å². The van der Waals surface area contributed by atoms with Gasteiger partial charge in [0, 0.05) is 11.5 Å². The summed E-state index contributed by atoms with van der Waals surface area (Å²) in [7, 11) is 0. The summed E-state index contributed by atoms with van der Waals surface area (Å²) in [6, 6.07) is 0. The first kappa shape index (κ1) is 13.2. The molecule has 2 bridgehead atoms. The maximum atomic E-state index is 8.50. The molecule has 3 aliphatic carbocycles. The molecular formula is C14H23N3O2. The lowest BCUT2D eigenvalue weighted by molar-refractivity contribution is -0.230. The van der Waals surface area contributed by atoms with Crippen molar-refractivity contribution in [2.45, 2.75) is 64.4 Å². The molecule has 5 heteroatoms. The van der Waals surface area contributed by atoms with Crippen LogP contribution in [0.3, 0.4) is 0 Å². The minimum atomic E-state index is -0.519. The molecule has 1 heterocycles. The minimum Gasteiger partial charge on any atom is -0.344 e. The average molecular weight is 265 g/mol. The van der Waals surface area contributed by atoms with E-state index in [1.165, 1.54) is 6.42 Å². The van der Waals surface area contributed by atoms with Gasteiger partial charge in [0.1, 0.15) is 5.60 Å². The topological polar surface area (TPSA) is 67.2 Å². The first-order chi connectivity index (χ1) is 8.82. The molecule has 0 aromatic heterocycles. The normalized spacial score (nSPS) is 44.9. The molecule has 106 valence electrons. The van der Waals surface area contributed by atoms with Crippen LogP contribution in [0.15, 0.2) is 5.11 Å². The first-order valence-electron chi connectivity index (χ1n) is 7.21. The summed E-state index contributed by atoms with van der Waals surface area (Å²) >= 11 is 0. The number of hydrogen-bond donors (Lipinski definition) is 0. The Labute approximate surface area is 114 Å². The lowest BCUT2D eigenvalue weighted by atomic mass is 9.43. The fourth-order valence-corrected chi connectivity index (χ4v) is 4.69. The molecule has 3 saturated carbocycles. The summed E-state index contributed by atoms with van der Waals surface area (Å²) in [5, 5.41) is 3.71. The van der Waals surface area contributed by atoms with Crippen molar-refractivity contribution in [3.8, 4) is 0 Å². The van der Waals surface area contributed by atoms with Crippen molar-refractivity contribution >= 4 is 0 Å². The highest BCUT2D eigenvalue weighted by Gasteiger charge is 2.70. The summed E-state index contributed by atoms with van der Waals surface area (Å²) in [5.74, 6) is 0.737. The van der Waals surface area contributed by atoms with E-state index in [1.54, 1.807) is 0 Å². The maximum Gasteiger partial charge on any atom is 0.164 e. The van der Waals surface area contributed by atoms with Gasteiger partial charge in [0.25, 0.3) is 0 Å². The highest BCUT2D eigenvalue weighted by molar-refractivity contribution is 5.17. The predicted molar refractivity (Wildman–Crippen MR) is 71.4 cm³/mol. The third-order valence-electron chi connectivity index (χ3n) is 5.63. The third kappa shape index (κ3) is 1.72. The lowest BCUT2D eigenvalue weighted by Gasteiger charge is -2.65. The van der Waals surface area contributed by atoms with Crippen molar-refractivity contribution in [3.63, 3.8) is 0 Å². The molecule has 0 aromatic rings. The number of hydrogen-bond acceptors (Lipinski definition) is 3. The van der Waals surface area contributed by atoms with Crippen LogP contribution in [-0.4, -0.2) is 24.0 Å². The summed E-state index contributed by atoms with van der Waals surface area (Å²) in [4.78, 5) is 2.87. The van der Waals surface area contributed by atoms with E-state index in [0.29, 0.717) is 17.9 Å². The SMILES string of the molecule is CC1(C)O[C@H]2C[C@@H]3C[C@@H](C3(C)C)[C@@]2(CCN=[N+]=[N-])O1. The standard InChI is InChI=1S/C14H23N3O2/c1-12(2)9-7-10(12)14(5-6-16-17-15)11(8-9)18-13(3,4)19-14/h9-11H,5-8H2,1-4H3/t9-,10-,11-,14+/m0/s1. The Kier molecular flexibility index (Phi) is 2.70. The monoisotopic (exact) mass is 265 g/mol. The molecule has 4 rings (SSSR count). The van der Waals surface area contributed by atoms with Gasteiger partial charge in [0.05, 0.1) is 6.10 Å². The molecule has 0 radical (unpaired) electrons. The van der Waals surface area contributed by atoms with Crippen molar-refractivity contribution < 1.29 is 9.47 Å². The number of nitrogens with zero attached hydrogens (tertiary/aromatic N) is 3. The Balaban J connectivity index is 1.91. The molecule has 1 aliphatic heterocycles. The highest BCUT2D eigenvalue weighted by atomic mass is 16.8. The molecule has 4 aliphatic rings. The molecule has 4 fully saturated rings. The van der Waals surface area contributed by atoms with E-state index in [-0.39, 0.29) is 11.7 Å². The van der Waals surface area contributed by atoms with E-state index < -0.39 is 5.79 Å². The van der Waals surface area contributed by atoms with E-state index in [1.807, 2.05) is 13.8 Å². The summed E-state index contributed by atoms with van der Waals surface area (Å²) in [5.41, 5.74) is 8.56. The fraction of sp³-hybridized carbons (Fsp3) is 1.00. The molecule has 19 heavy (non-hydrogen) atoms. The lowest BCUT2D eigenvalue weighted by Crippen LogP contribution is -2.66. The third-order valence-corrected chi connectivity index (χ3v) is 5.63. The van der Waals surface area contributed by atoms with Crippen LogP contribution in [0.25, 0.3) is 10.4 Å². The van der Waals surface area contributed by atoms with Crippen LogP contribution in [0.5, 0.6) is 0 Å². The van der Waals surface area contributed by atoms with E-state index in [4.69, 9.17) is 15.0 Å². The Morgan fingerprint density at radius 1 is 1.26 bits per heavy atom. The highest BCUT2D eigenvalue weighted by Crippen LogP contribution is 2.67. The molecule has 0 N–H and O–H groups in total. The van der Waals surface area contributed by atoms with Crippen LogP contribution in [0.4, 0.5) is 0 Å². The van der Waals surface area contributed by atoms with Gasteiger partial charge in [-0.15, -0.1) is 0 Å². The minimum absolute atomic E-state index is 0.160. The second kappa shape index (κ2) is 3.87. The molecule has 0 amide bonds. The van der Waals surface area contributed by atoms with Gasteiger partial charge >= 0.3 is 0 Å². The van der Waals surface area contributed by atoms with Crippen molar-refractivity contribution in [3.05, 3.63) is 10.4 Å². The predicted octanol–water partition coefficient (Wildman–Crippen LogP) is 3.64. The number of ether oxygens (including phenoxy) is 2. The molecule has 5 nitrogen and oxygen atoms in total. The van der Waals surface area contributed by atoms with Crippen LogP contribution in [0.1, 0.15) is 47.0 Å². The molecule has 1 saturated heterocycles. The van der Waals surface area contributed by atoms with Gasteiger partial charge in [-0.3, -0.25) is 0 Å². The largest absolute Gasteiger partial charge is 0.344 e. The van der Waals surface area contributed by atoms with E-state index in [0.717, 1.165) is 18.8 Å². The van der Waals surface area contributed by atoms with Crippen LogP contribution >= 0.6 is 0 Å². The van der Waals surface area contributed by atoms with Gasteiger partial charge in [0.2, 0.25) is 0 Å². The van der Waals surface area contributed by atoms with E-state index >= 15 is 0 Å². The zero-order valence-corrected chi connectivity index (χ0v) is 12.2. The number of azide groups is 1. The van der Waals surface area contributed by atoms with Crippen molar-refractivity contribution in [1.29, 1.82) is 0 Å². The molecule has 4 atom stereocenters. The summed E-state index contributed by atoms with van der Waals surface area (Å²) < 4.78 is 12.5. The van der Waals surface area contributed by atoms with Gasteiger partial charge in [-0.25, -0.2) is 0 Å². The molecule has 0 aromatic carbocycles. The van der Waals surface area contributed by atoms with E-state index in [9.17, 15) is 0 Å². The van der Waals surface area contributed by atoms with Gasteiger partial charge in [-0.1, -0.05) is 19.0 Å². The Bertz CT molecular complexity index is 442. The Hall–Kier alpha value is -0.770. The van der Waals surface area contributed by atoms with Gasteiger partial charge in [-0.2, -0.15) is 0 Å². The smallest absolute Gasteiger partial charge is 0.164 e. The van der Waals surface area contributed by atoms with Gasteiger partial charge in [-0.05, 0) is 55.9 Å². The molecular weight excluding hydrogens is 242 g/mol. The molecule has 0 unspecified atom stereocenters. The first-order valence-corrected chi connectivity index (χ1v) is 7.21. The second-order valence-electron chi connectivity index (χ2n) is 7.31. The van der Waals surface area contributed by atoms with Crippen molar-refractivity contribution in [1.82, 2.24) is 0 Å². The Morgan fingerprint density at radius 3 is 2.63 bits per heavy atom. The summed E-state index contributed by atoms with van der Waals surface area (Å²) in [6.07, 6.45) is 3.22. The van der Waals surface area contributed by atoms with Crippen LogP contribution in [0.2, 0.25) is 0 Å². The fourth-order valence-electron chi connectivity index (χ4n) is 4.69. The second-order valence-corrected chi connectivity index (χ2v) is 7.31. The van der Waals surface area contributed by atoms with Crippen LogP contribution < -0.4 is 0 Å². The van der Waals surface area contributed by atoms with Crippen molar-refractivity contribution in [2.75, 3.05) is 6.54 Å². The zero-order valence-electron chi connectivity index (χ0n) is 12.2. The maximum absolute atomic E-state index is 8.50. The zero-order chi connectivity index (χ0) is 13.9. The average Bonchev–Trinajstić information content (AvgIpc) is 2.58. The van der Waals surface area contributed by atoms with E-state index in [2.05, 4.69) is 23.9 Å². The quantitative estimate of drug-likeness (QED) is 0.444.